The number of hydrogen-bond donors (Lipinski definition) is 4. The van der Waals surface area contributed by atoms with Crippen LogP contribution in [-0.2, 0) is 26.1 Å². The fraction of sp³-hybridized carbons (Fsp3) is 0.344. The zero-order valence-corrected chi connectivity index (χ0v) is 43.8. The van der Waals surface area contributed by atoms with Gasteiger partial charge in [0.15, 0.2) is 0 Å². The number of carbonyl (C=O) groups is 2. The zero-order chi connectivity index (χ0) is 52.8. The van der Waals surface area contributed by atoms with Crippen molar-refractivity contribution in [3.05, 3.63) is 212 Å². The second-order valence-electron chi connectivity index (χ2n) is 20.4. The minimum atomic E-state index is -0.904. The summed E-state index contributed by atoms with van der Waals surface area (Å²) in [5, 5.41) is 20.6. The van der Waals surface area contributed by atoms with E-state index in [-0.39, 0.29) is 35.5 Å². The third-order valence-corrected chi connectivity index (χ3v) is 15.4. The van der Waals surface area contributed by atoms with Crippen molar-refractivity contribution in [3.63, 3.8) is 0 Å². The molecule has 4 heterocycles. The van der Waals surface area contributed by atoms with Crippen LogP contribution >= 0.6 is 11.6 Å². The van der Waals surface area contributed by atoms with Gasteiger partial charge in [-0.15, -0.1) is 0 Å². The first-order chi connectivity index (χ1) is 37.1. The number of likely N-dealkylation sites (tertiary alicyclic amines) is 2. The second kappa shape index (κ2) is 25.9. The van der Waals surface area contributed by atoms with Gasteiger partial charge >= 0.3 is 23.6 Å². The molecule has 0 bridgehead atoms. The molecule has 396 valence electrons. The highest BCUT2D eigenvalue weighted by Gasteiger charge is 2.35. The number of H-pyrrole nitrogens is 2. The molecule has 4 N–H and O–H groups in total. The first-order valence-electron chi connectivity index (χ1n) is 26.7. The molecule has 2 fully saturated rings. The number of hydrogen-bond acceptors (Lipinski definition) is 6. The Hall–Kier alpha value is -7.39. The molecule has 2 saturated heterocycles. The van der Waals surface area contributed by atoms with Crippen LogP contribution in [-0.4, -0.2) is 106 Å². The average Bonchev–Trinajstić information content (AvgIpc) is 3.96. The van der Waals surface area contributed by atoms with Crippen molar-refractivity contribution in [2.75, 3.05) is 32.7 Å². The minimum Gasteiger partial charge on any atom is -0.465 e. The summed E-state index contributed by atoms with van der Waals surface area (Å²) in [6.45, 7) is 5.81. The maximum atomic E-state index is 12.8. The van der Waals surface area contributed by atoms with Crippen LogP contribution in [0.1, 0.15) is 85.7 Å². The van der Waals surface area contributed by atoms with Crippen molar-refractivity contribution in [3.8, 4) is 0 Å². The first-order valence-corrected chi connectivity index (χ1v) is 27.1. The quantitative estimate of drug-likeness (QED) is 0.0622. The van der Waals surface area contributed by atoms with E-state index >= 15 is 0 Å². The highest BCUT2D eigenvalue weighted by molar-refractivity contribution is 6.30. The smallest absolute Gasteiger partial charge is 0.407 e. The molecular formula is C61H69ClN8O6. The minimum absolute atomic E-state index is 0.0134. The summed E-state index contributed by atoms with van der Waals surface area (Å²) < 4.78 is 3.65. The lowest BCUT2D eigenvalue weighted by molar-refractivity contribution is 0.0811. The van der Waals surface area contributed by atoms with E-state index in [9.17, 15) is 29.4 Å². The molecule has 2 aliphatic heterocycles. The summed E-state index contributed by atoms with van der Waals surface area (Å²) in [5.41, 5.74) is 8.10. The summed E-state index contributed by atoms with van der Waals surface area (Å²) in [6, 6.07) is 54.3. The summed E-state index contributed by atoms with van der Waals surface area (Å²) in [7, 11) is 0. The van der Waals surface area contributed by atoms with Crippen molar-refractivity contribution in [2.24, 2.45) is 0 Å². The molecule has 6 aromatic carbocycles. The lowest BCUT2D eigenvalue weighted by Gasteiger charge is -2.39. The number of nitrogens with one attached hydrogen (secondary N) is 2. The number of imidazole rings is 2. The molecule has 14 nitrogen and oxygen atoms in total. The molecule has 0 spiro atoms. The number of halogens is 1. The maximum absolute atomic E-state index is 12.8. The third kappa shape index (κ3) is 13.9. The van der Waals surface area contributed by atoms with Gasteiger partial charge in [0.25, 0.3) is 0 Å². The van der Waals surface area contributed by atoms with Crippen LogP contribution in [0.25, 0.3) is 22.1 Å². The summed E-state index contributed by atoms with van der Waals surface area (Å²) in [6.07, 6.45) is 5.22. The van der Waals surface area contributed by atoms with Crippen LogP contribution in [0.4, 0.5) is 9.59 Å². The highest BCUT2D eigenvalue weighted by atomic mass is 35.5. The number of rotatable bonds is 19. The predicted octanol–water partition coefficient (Wildman–Crippen LogP) is 11.7. The summed E-state index contributed by atoms with van der Waals surface area (Å²) in [4.78, 5) is 63.7. The van der Waals surface area contributed by atoms with E-state index < -0.39 is 12.2 Å². The molecule has 2 aliphatic rings. The molecule has 2 amide bonds. The summed E-state index contributed by atoms with van der Waals surface area (Å²) >= 11 is 6.24. The largest absolute Gasteiger partial charge is 0.465 e. The van der Waals surface area contributed by atoms with E-state index in [4.69, 9.17) is 11.6 Å². The van der Waals surface area contributed by atoms with Crippen LogP contribution in [0, 0.1) is 0 Å². The number of nitrogens with zero attached hydrogens (tertiary/aromatic N) is 6. The topological polar surface area (TPSA) is 163 Å². The van der Waals surface area contributed by atoms with E-state index in [1.165, 1.54) is 16.7 Å². The summed E-state index contributed by atoms with van der Waals surface area (Å²) in [5.74, 6) is 0. The third-order valence-electron chi connectivity index (χ3n) is 15.2. The van der Waals surface area contributed by atoms with E-state index in [0.29, 0.717) is 63.3 Å². The van der Waals surface area contributed by atoms with Crippen molar-refractivity contribution in [1.29, 1.82) is 0 Å². The fourth-order valence-corrected chi connectivity index (χ4v) is 11.8. The molecule has 0 aliphatic carbocycles. The van der Waals surface area contributed by atoms with Crippen LogP contribution in [0.3, 0.4) is 0 Å². The van der Waals surface area contributed by atoms with Gasteiger partial charge in [-0.2, -0.15) is 0 Å². The van der Waals surface area contributed by atoms with E-state index in [1.54, 1.807) is 9.80 Å². The van der Waals surface area contributed by atoms with Crippen LogP contribution in [0.5, 0.6) is 0 Å². The van der Waals surface area contributed by atoms with Crippen molar-refractivity contribution < 1.29 is 19.8 Å². The Labute approximate surface area is 448 Å². The van der Waals surface area contributed by atoms with Crippen LogP contribution in [0.2, 0.25) is 5.02 Å². The maximum Gasteiger partial charge on any atom is 0.407 e. The van der Waals surface area contributed by atoms with Gasteiger partial charge in [0.05, 0.1) is 22.1 Å². The van der Waals surface area contributed by atoms with Gasteiger partial charge in [-0.05, 0) is 130 Å². The van der Waals surface area contributed by atoms with Gasteiger partial charge in [-0.3, -0.25) is 18.9 Å². The van der Waals surface area contributed by atoms with Crippen molar-refractivity contribution in [2.45, 2.75) is 102 Å². The lowest BCUT2D eigenvalue weighted by Crippen LogP contribution is -2.48. The fourth-order valence-electron chi connectivity index (χ4n) is 11.5. The number of benzene rings is 6. The van der Waals surface area contributed by atoms with E-state index in [0.717, 1.165) is 79.5 Å². The Morgan fingerprint density at radius 1 is 0.513 bits per heavy atom. The molecule has 10 rings (SSSR count). The number of piperidine rings is 2. The number of amides is 2. The van der Waals surface area contributed by atoms with Crippen LogP contribution < -0.4 is 11.4 Å². The van der Waals surface area contributed by atoms with Gasteiger partial charge in [0, 0.05) is 68.5 Å². The molecule has 0 radical (unpaired) electrons. The Kier molecular flexibility index (Phi) is 18.2. The second-order valence-corrected chi connectivity index (χ2v) is 20.8. The van der Waals surface area contributed by atoms with Gasteiger partial charge in [0.1, 0.15) is 0 Å². The zero-order valence-electron chi connectivity index (χ0n) is 43.0. The monoisotopic (exact) mass is 1040 g/mol. The molecule has 8 aromatic rings. The molecular weight excluding hydrogens is 976 g/mol. The Bertz CT molecular complexity index is 3250. The molecule has 15 heteroatoms. The number of carboxylic acid groups (broad SMARTS) is 2. The normalized spacial score (nSPS) is 17.8. The Morgan fingerprint density at radius 2 is 0.961 bits per heavy atom. The predicted molar refractivity (Wildman–Crippen MR) is 301 cm³/mol. The lowest BCUT2D eigenvalue weighted by atomic mass is 9.93. The molecule has 0 saturated carbocycles. The number of aromatic amines is 2. The van der Waals surface area contributed by atoms with E-state index in [1.807, 2.05) is 100 Å². The SMILES string of the molecule is O=C(O)N1CCC(n2c(=O)[nH]c3ccccc32)CC1CCN(Cc1ccccc1)Cc1cccc(Cl)c1.O=C(O)N1CCC(n2c(=O)[nH]c3ccccc32)C[C@@H]1CCCN(CCCc1ccccc1)Cc1ccccc1. The standard InChI is InChI=1S/C32H38N4O3.C29H31ClN4O3/c37-31-33-29-17-7-8-18-30(29)36(31)28-19-22-35(32(38)39)27(23-28)16-10-21-34(24-26-13-5-2-6-14-26)20-9-15-25-11-3-1-4-12-25;30-23-10-6-9-22(17-23)20-32(19-21-7-2-1-3-8-21)15-13-24-18-25(14-16-33(24)29(36)37)34-27-12-5-4-11-26(27)31-28(34)35/h1-8,11-14,17-18,27-28H,9-10,15-16,19-24H2,(H,33,37)(H,38,39);1-12,17,24-25H,13-16,18-20H2,(H,31,35)(H,36,37)/t27-,28?;/m0./s1. The number of fused-ring (bicyclic) bond motifs is 2. The number of aryl methyl sites for hydroxylation is 1. The molecule has 2 aromatic heterocycles. The Balaban J connectivity index is 0.000000186. The highest BCUT2D eigenvalue weighted by Crippen LogP contribution is 2.33. The van der Waals surface area contributed by atoms with Gasteiger partial charge < -0.3 is 30.0 Å². The van der Waals surface area contributed by atoms with E-state index in [2.05, 4.69) is 92.6 Å². The molecule has 3 unspecified atom stereocenters. The van der Waals surface area contributed by atoms with Gasteiger partial charge in [0.2, 0.25) is 0 Å². The first kappa shape index (κ1) is 53.4. The van der Waals surface area contributed by atoms with Crippen molar-refractivity contribution in [1.82, 2.24) is 38.7 Å². The van der Waals surface area contributed by atoms with Crippen molar-refractivity contribution >= 4 is 45.9 Å². The number of aromatic nitrogens is 4. The van der Waals surface area contributed by atoms with Crippen LogP contribution in [0.15, 0.2) is 173 Å². The average molecular weight is 1050 g/mol. The molecule has 76 heavy (non-hydrogen) atoms. The Morgan fingerprint density at radius 3 is 1.49 bits per heavy atom. The number of para-hydroxylation sites is 4. The molecule has 4 atom stereocenters. The van der Waals surface area contributed by atoms with Gasteiger partial charge in [-0.25, -0.2) is 19.2 Å². The van der Waals surface area contributed by atoms with Gasteiger partial charge in [-0.1, -0.05) is 139 Å².